The number of rotatable bonds is 6. The van der Waals surface area contributed by atoms with Gasteiger partial charge in [0.1, 0.15) is 5.82 Å². The average Bonchev–Trinajstić information content (AvgIpc) is 3.12. The van der Waals surface area contributed by atoms with Crippen LogP contribution in [0.15, 0.2) is 47.5 Å². The van der Waals surface area contributed by atoms with Crippen molar-refractivity contribution in [3.05, 3.63) is 53.2 Å². The lowest BCUT2D eigenvalue weighted by atomic mass is 9.87. The van der Waals surface area contributed by atoms with Crippen LogP contribution in [0, 0.1) is 5.92 Å². The zero-order valence-electron chi connectivity index (χ0n) is 15.2. The van der Waals surface area contributed by atoms with Gasteiger partial charge in [-0.25, -0.2) is 13.4 Å². The number of sulfone groups is 1. The van der Waals surface area contributed by atoms with E-state index < -0.39 is 15.8 Å². The van der Waals surface area contributed by atoms with Crippen LogP contribution in [0.5, 0.6) is 0 Å². The maximum Gasteiger partial charge on any atom is 0.233 e. The molecule has 1 atom stereocenters. The number of aromatic nitrogens is 1. The zero-order chi connectivity index (χ0) is 19.4. The van der Waals surface area contributed by atoms with Gasteiger partial charge in [0.05, 0.1) is 15.8 Å². The Bertz CT molecular complexity index is 910. The molecule has 0 aliphatic heterocycles. The molecule has 0 unspecified atom stereocenters. The van der Waals surface area contributed by atoms with Crippen LogP contribution < -0.4 is 5.32 Å². The van der Waals surface area contributed by atoms with E-state index in [2.05, 4.69) is 10.3 Å². The summed E-state index contributed by atoms with van der Waals surface area (Å²) in [4.78, 5) is 17.2. The van der Waals surface area contributed by atoms with E-state index in [0.29, 0.717) is 18.2 Å². The lowest BCUT2D eigenvalue weighted by Gasteiger charge is -2.21. The largest absolute Gasteiger partial charge is 0.310 e. The van der Waals surface area contributed by atoms with E-state index in [4.69, 9.17) is 11.6 Å². The maximum atomic E-state index is 13.0. The second-order valence-corrected chi connectivity index (χ2v) is 9.50. The number of carbonyl (C=O) groups excluding carboxylic acids is 1. The Balaban J connectivity index is 1.89. The van der Waals surface area contributed by atoms with Crippen molar-refractivity contribution in [3.8, 4) is 0 Å². The number of nitrogens with one attached hydrogen (secondary N) is 1. The fourth-order valence-corrected chi connectivity index (χ4v) is 5.00. The summed E-state index contributed by atoms with van der Waals surface area (Å²) in [5.74, 6) is 0.431. The van der Waals surface area contributed by atoms with E-state index in [1.54, 1.807) is 30.5 Å². The number of benzene rings is 1. The topological polar surface area (TPSA) is 76.1 Å². The third-order valence-corrected chi connectivity index (χ3v) is 6.61. The smallest absolute Gasteiger partial charge is 0.233 e. The Morgan fingerprint density at radius 2 is 2.00 bits per heavy atom. The van der Waals surface area contributed by atoms with Gasteiger partial charge in [-0.2, -0.15) is 0 Å². The minimum atomic E-state index is -3.41. The van der Waals surface area contributed by atoms with Gasteiger partial charge in [-0.05, 0) is 42.2 Å². The summed E-state index contributed by atoms with van der Waals surface area (Å²) < 4.78 is 23.6. The first-order chi connectivity index (χ1) is 12.8. The zero-order valence-corrected chi connectivity index (χ0v) is 16.8. The van der Waals surface area contributed by atoms with Gasteiger partial charge < -0.3 is 5.32 Å². The monoisotopic (exact) mass is 406 g/mol. The Kier molecular flexibility index (Phi) is 6.17. The molecule has 5 nitrogen and oxygen atoms in total. The molecule has 2 aromatic rings. The van der Waals surface area contributed by atoms with E-state index in [-0.39, 0.29) is 15.8 Å². The van der Waals surface area contributed by atoms with Gasteiger partial charge in [-0.15, -0.1) is 0 Å². The van der Waals surface area contributed by atoms with Gasteiger partial charge in [0.15, 0.2) is 9.84 Å². The third-order valence-electron chi connectivity index (χ3n) is 5.03. The van der Waals surface area contributed by atoms with Gasteiger partial charge in [-0.1, -0.05) is 49.4 Å². The van der Waals surface area contributed by atoms with Crippen LogP contribution in [0.25, 0.3) is 0 Å². The predicted octanol–water partition coefficient (Wildman–Crippen LogP) is 4.44. The summed E-state index contributed by atoms with van der Waals surface area (Å²) in [6.07, 6.45) is 8.06. The number of pyridine rings is 1. The highest BCUT2D eigenvalue weighted by molar-refractivity contribution is 7.90. The van der Waals surface area contributed by atoms with Crippen LogP contribution in [0.2, 0.25) is 5.02 Å². The van der Waals surface area contributed by atoms with Gasteiger partial charge in [0.2, 0.25) is 5.91 Å². The first-order valence-electron chi connectivity index (χ1n) is 9.06. The van der Waals surface area contributed by atoms with Crippen molar-refractivity contribution >= 4 is 33.2 Å². The maximum absolute atomic E-state index is 13.0. The molecule has 1 aliphatic carbocycles. The Morgan fingerprint density at radius 3 is 2.59 bits per heavy atom. The molecule has 1 aromatic heterocycles. The van der Waals surface area contributed by atoms with Crippen LogP contribution in [-0.4, -0.2) is 25.6 Å². The van der Waals surface area contributed by atoms with Crippen LogP contribution in [0.1, 0.15) is 43.6 Å². The molecule has 1 fully saturated rings. The normalized spacial score (nSPS) is 16.2. The van der Waals surface area contributed by atoms with Crippen molar-refractivity contribution in [1.82, 2.24) is 4.98 Å². The van der Waals surface area contributed by atoms with Gasteiger partial charge in [0, 0.05) is 12.5 Å². The molecule has 144 valence electrons. The summed E-state index contributed by atoms with van der Waals surface area (Å²) in [6, 6.07) is 10.1. The molecule has 0 radical (unpaired) electrons. The molecular formula is C20H23ClN2O3S. The van der Waals surface area contributed by atoms with E-state index in [0.717, 1.165) is 24.7 Å². The minimum Gasteiger partial charge on any atom is -0.310 e. The standard InChI is InChI=1S/C20H23ClN2O3S/c1-27(25,26)18-10-9-15(13-17(18)21)16(12-14-6-2-3-7-14)20(24)23-19-8-4-5-11-22-19/h4-5,8-11,13-14,16H,2-3,6-7,12H2,1H3,(H,22,23,24)/t16-/m1/s1. The molecule has 1 aliphatic rings. The fourth-order valence-electron chi connectivity index (χ4n) is 3.66. The molecule has 1 heterocycles. The Hall–Kier alpha value is -1.92. The summed E-state index contributed by atoms with van der Waals surface area (Å²) in [6.45, 7) is 0. The molecule has 0 bridgehead atoms. The molecular weight excluding hydrogens is 384 g/mol. The number of hydrogen-bond donors (Lipinski definition) is 1. The van der Waals surface area contributed by atoms with E-state index in [1.807, 2.05) is 6.07 Å². The molecule has 1 saturated carbocycles. The Labute approximate surface area is 165 Å². The highest BCUT2D eigenvalue weighted by Crippen LogP contribution is 2.36. The molecule has 1 aromatic carbocycles. The molecule has 1 N–H and O–H groups in total. The highest BCUT2D eigenvalue weighted by atomic mass is 35.5. The van der Waals surface area contributed by atoms with Crippen LogP contribution in [0.4, 0.5) is 5.82 Å². The van der Waals surface area contributed by atoms with E-state index in [9.17, 15) is 13.2 Å². The third kappa shape index (κ3) is 5.08. The van der Waals surface area contributed by atoms with Crippen molar-refractivity contribution in [2.24, 2.45) is 5.92 Å². The van der Waals surface area contributed by atoms with Crippen molar-refractivity contribution in [2.45, 2.75) is 42.9 Å². The lowest BCUT2D eigenvalue weighted by molar-refractivity contribution is -0.118. The number of carbonyl (C=O) groups is 1. The average molecular weight is 407 g/mol. The first kappa shape index (κ1) is 19.8. The van der Waals surface area contributed by atoms with Crippen molar-refractivity contribution < 1.29 is 13.2 Å². The molecule has 3 rings (SSSR count). The predicted molar refractivity (Wildman–Crippen MR) is 107 cm³/mol. The summed E-state index contributed by atoms with van der Waals surface area (Å²) >= 11 is 6.22. The quantitative estimate of drug-likeness (QED) is 0.769. The van der Waals surface area contributed by atoms with Crippen molar-refractivity contribution in [2.75, 3.05) is 11.6 Å². The second-order valence-electron chi connectivity index (χ2n) is 7.11. The summed E-state index contributed by atoms with van der Waals surface area (Å²) in [7, 11) is -3.41. The summed E-state index contributed by atoms with van der Waals surface area (Å²) in [5.41, 5.74) is 0.729. The Morgan fingerprint density at radius 1 is 1.26 bits per heavy atom. The second kappa shape index (κ2) is 8.40. The molecule has 27 heavy (non-hydrogen) atoms. The van der Waals surface area contributed by atoms with Crippen LogP contribution >= 0.6 is 11.6 Å². The van der Waals surface area contributed by atoms with Gasteiger partial charge >= 0.3 is 0 Å². The van der Waals surface area contributed by atoms with Crippen LogP contribution in [-0.2, 0) is 14.6 Å². The number of halogens is 1. The molecule has 1 amide bonds. The van der Waals surface area contributed by atoms with E-state index in [1.165, 1.54) is 18.9 Å². The number of hydrogen-bond acceptors (Lipinski definition) is 4. The highest BCUT2D eigenvalue weighted by Gasteiger charge is 2.28. The SMILES string of the molecule is CS(=O)(=O)c1ccc([C@@H](CC2CCCC2)C(=O)Nc2ccccn2)cc1Cl. The van der Waals surface area contributed by atoms with Crippen LogP contribution in [0.3, 0.4) is 0 Å². The first-order valence-corrected chi connectivity index (χ1v) is 11.3. The molecule has 0 saturated heterocycles. The number of nitrogens with zero attached hydrogens (tertiary/aromatic N) is 1. The van der Waals surface area contributed by atoms with Crippen molar-refractivity contribution in [1.29, 1.82) is 0 Å². The fraction of sp³-hybridized carbons (Fsp3) is 0.400. The number of anilines is 1. The van der Waals surface area contributed by atoms with Gasteiger partial charge in [0.25, 0.3) is 0 Å². The molecule has 0 spiro atoms. The van der Waals surface area contributed by atoms with E-state index >= 15 is 0 Å². The summed E-state index contributed by atoms with van der Waals surface area (Å²) in [5, 5.41) is 3.02. The minimum absolute atomic E-state index is 0.0812. The van der Waals surface area contributed by atoms with Gasteiger partial charge in [-0.3, -0.25) is 4.79 Å². The number of amides is 1. The molecule has 7 heteroatoms. The van der Waals surface area contributed by atoms with Crippen molar-refractivity contribution in [3.63, 3.8) is 0 Å². The lowest BCUT2D eigenvalue weighted by Crippen LogP contribution is -2.23.